The fraction of sp³-hybridized carbons (Fsp3) is 0.524. The maximum atomic E-state index is 12.9. The molecule has 150 valence electrons. The molecular weight excluding hydrogens is 376 g/mol. The van der Waals surface area contributed by atoms with Crippen molar-refractivity contribution in [1.82, 2.24) is 19.8 Å². The van der Waals surface area contributed by atoms with Crippen molar-refractivity contribution in [3.05, 3.63) is 40.7 Å². The molecule has 4 rings (SSSR count). The highest BCUT2D eigenvalue weighted by Gasteiger charge is 2.24. The van der Waals surface area contributed by atoms with E-state index < -0.39 is 0 Å². The van der Waals surface area contributed by atoms with Gasteiger partial charge in [-0.2, -0.15) is 0 Å². The number of amides is 1. The van der Waals surface area contributed by atoms with Gasteiger partial charge in [0, 0.05) is 43.3 Å². The van der Waals surface area contributed by atoms with E-state index in [2.05, 4.69) is 14.8 Å². The highest BCUT2D eigenvalue weighted by molar-refractivity contribution is 6.30. The number of morpholine rings is 1. The van der Waals surface area contributed by atoms with Gasteiger partial charge in [0.2, 0.25) is 0 Å². The summed E-state index contributed by atoms with van der Waals surface area (Å²) >= 11 is 6.04. The van der Waals surface area contributed by atoms with Crippen LogP contribution in [0.1, 0.15) is 35.4 Å². The second-order valence-corrected chi connectivity index (χ2v) is 7.85. The van der Waals surface area contributed by atoms with E-state index in [0.717, 1.165) is 75.7 Å². The van der Waals surface area contributed by atoms with Crippen LogP contribution in [-0.4, -0.2) is 59.8 Å². The number of ether oxygens (including phenoxy) is 1. The molecule has 0 spiro atoms. The molecule has 2 aliphatic rings. The molecule has 1 amide bonds. The normalized spacial score (nSPS) is 17.8. The Morgan fingerprint density at radius 2 is 1.89 bits per heavy atom. The Hall–Kier alpha value is -1.89. The number of hydrogen-bond donors (Lipinski definition) is 1. The number of hydrogen-bond acceptors (Lipinski definition) is 4. The van der Waals surface area contributed by atoms with Crippen LogP contribution in [0.15, 0.2) is 24.3 Å². The number of halogens is 1. The van der Waals surface area contributed by atoms with E-state index in [1.54, 1.807) is 0 Å². The van der Waals surface area contributed by atoms with Crippen LogP contribution in [-0.2, 0) is 17.7 Å². The molecule has 6 nitrogen and oxygen atoms in total. The molecule has 7 heteroatoms. The van der Waals surface area contributed by atoms with E-state index in [0.29, 0.717) is 17.3 Å². The van der Waals surface area contributed by atoms with Crippen molar-refractivity contribution in [1.29, 1.82) is 0 Å². The third-order valence-electron chi connectivity index (χ3n) is 5.50. The smallest absolute Gasteiger partial charge is 0.271 e. The van der Waals surface area contributed by atoms with Crippen LogP contribution in [0.5, 0.6) is 0 Å². The summed E-state index contributed by atoms with van der Waals surface area (Å²) in [5.41, 5.74) is 2.64. The first-order valence-corrected chi connectivity index (χ1v) is 10.5. The van der Waals surface area contributed by atoms with Gasteiger partial charge >= 0.3 is 0 Å². The summed E-state index contributed by atoms with van der Waals surface area (Å²) in [4.78, 5) is 20.0. The molecule has 1 N–H and O–H groups in total. The summed E-state index contributed by atoms with van der Waals surface area (Å²) in [6, 6.07) is 7.69. The van der Waals surface area contributed by atoms with Crippen LogP contribution in [0.25, 0.3) is 11.4 Å². The molecule has 28 heavy (non-hydrogen) atoms. The number of carbonyl (C=O) groups excluding carboxylic acids is 1. The lowest BCUT2D eigenvalue weighted by atomic mass is 10.1. The average Bonchev–Trinajstić information content (AvgIpc) is 2.91. The molecule has 0 bridgehead atoms. The van der Waals surface area contributed by atoms with Crippen LogP contribution in [0.4, 0.5) is 0 Å². The van der Waals surface area contributed by atoms with Gasteiger partial charge in [-0.05, 0) is 43.5 Å². The van der Waals surface area contributed by atoms with E-state index in [-0.39, 0.29) is 5.91 Å². The predicted molar refractivity (Wildman–Crippen MR) is 110 cm³/mol. The van der Waals surface area contributed by atoms with E-state index in [1.165, 1.54) is 6.42 Å². The zero-order valence-electron chi connectivity index (χ0n) is 16.1. The van der Waals surface area contributed by atoms with Crippen molar-refractivity contribution in [2.45, 2.75) is 32.2 Å². The SMILES string of the molecule is O=C(NCCN1CCOCC1)c1nc(-c2ccc(Cl)cc2)n2c1CCCCC2. The number of rotatable bonds is 5. The van der Waals surface area contributed by atoms with Gasteiger partial charge in [0.1, 0.15) is 11.5 Å². The van der Waals surface area contributed by atoms with E-state index in [1.807, 2.05) is 24.3 Å². The number of imidazole rings is 1. The zero-order valence-corrected chi connectivity index (χ0v) is 16.9. The quantitative estimate of drug-likeness (QED) is 0.835. The summed E-state index contributed by atoms with van der Waals surface area (Å²) in [6.07, 6.45) is 4.29. The largest absolute Gasteiger partial charge is 0.379 e. The van der Waals surface area contributed by atoms with Crippen molar-refractivity contribution in [3.63, 3.8) is 0 Å². The van der Waals surface area contributed by atoms with Crippen molar-refractivity contribution in [2.24, 2.45) is 0 Å². The summed E-state index contributed by atoms with van der Waals surface area (Å²) in [5, 5.41) is 3.77. The maximum absolute atomic E-state index is 12.9. The van der Waals surface area contributed by atoms with Gasteiger partial charge in [0.05, 0.1) is 18.9 Å². The minimum atomic E-state index is -0.0703. The Morgan fingerprint density at radius 1 is 1.11 bits per heavy atom. The molecule has 0 atom stereocenters. The molecule has 1 aromatic heterocycles. The number of carbonyl (C=O) groups is 1. The van der Waals surface area contributed by atoms with E-state index >= 15 is 0 Å². The molecule has 0 aliphatic carbocycles. The molecular formula is C21H27ClN4O2. The van der Waals surface area contributed by atoms with Gasteiger partial charge in [-0.15, -0.1) is 0 Å². The van der Waals surface area contributed by atoms with Gasteiger partial charge in [-0.3, -0.25) is 9.69 Å². The zero-order chi connectivity index (χ0) is 19.3. The molecule has 0 unspecified atom stereocenters. The first-order valence-electron chi connectivity index (χ1n) is 10.2. The fourth-order valence-corrected chi connectivity index (χ4v) is 4.08. The molecule has 1 saturated heterocycles. The lowest BCUT2D eigenvalue weighted by Crippen LogP contribution is -2.41. The van der Waals surface area contributed by atoms with Crippen LogP contribution < -0.4 is 5.32 Å². The number of nitrogens with zero attached hydrogens (tertiary/aromatic N) is 3. The standard InChI is InChI=1S/C21H27ClN4O2/c22-17-7-5-16(6-8-17)20-24-19(18-4-2-1-3-10-26(18)20)21(27)23-9-11-25-12-14-28-15-13-25/h5-8H,1-4,9-15H2,(H,23,27). The Kier molecular flexibility index (Phi) is 6.29. The molecule has 2 aliphatic heterocycles. The summed E-state index contributed by atoms with van der Waals surface area (Å²) in [6.45, 7) is 5.77. The number of aromatic nitrogens is 2. The molecule has 2 aromatic rings. The van der Waals surface area contributed by atoms with Crippen LogP contribution >= 0.6 is 11.6 Å². The lowest BCUT2D eigenvalue weighted by molar-refractivity contribution is 0.0383. The Bertz CT molecular complexity index is 813. The summed E-state index contributed by atoms with van der Waals surface area (Å²) in [7, 11) is 0. The van der Waals surface area contributed by atoms with Crippen molar-refractivity contribution < 1.29 is 9.53 Å². The highest BCUT2D eigenvalue weighted by atomic mass is 35.5. The molecule has 0 radical (unpaired) electrons. The van der Waals surface area contributed by atoms with Crippen LogP contribution in [0.2, 0.25) is 5.02 Å². The minimum Gasteiger partial charge on any atom is -0.379 e. The molecule has 3 heterocycles. The third-order valence-corrected chi connectivity index (χ3v) is 5.75. The number of fused-ring (bicyclic) bond motifs is 1. The average molecular weight is 403 g/mol. The Balaban J connectivity index is 1.52. The van der Waals surface area contributed by atoms with E-state index in [9.17, 15) is 4.79 Å². The monoisotopic (exact) mass is 402 g/mol. The van der Waals surface area contributed by atoms with Gasteiger partial charge in [-0.1, -0.05) is 18.0 Å². The maximum Gasteiger partial charge on any atom is 0.271 e. The van der Waals surface area contributed by atoms with Crippen LogP contribution in [0.3, 0.4) is 0 Å². The predicted octanol–water partition coefficient (Wildman–Crippen LogP) is 2.99. The highest BCUT2D eigenvalue weighted by Crippen LogP contribution is 2.28. The number of benzene rings is 1. The molecule has 1 aromatic carbocycles. The fourth-order valence-electron chi connectivity index (χ4n) is 3.96. The van der Waals surface area contributed by atoms with Gasteiger partial charge in [0.25, 0.3) is 5.91 Å². The van der Waals surface area contributed by atoms with Crippen molar-refractivity contribution >= 4 is 17.5 Å². The summed E-state index contributed by atoms with van der Waals surface area (Å²) in [5.74, 6) is 0.797. The van der Waals surface area contributed by atoms with Gasteiger partial charge in [-0.25, -0.2) is 4.98 Å². The second kappa shape index (κ2) is 9.07. The third kappa shape index (κ3) is 4.40. The first kappa shape index (κ1) is 19.4. The minimum absolute atomic E-state index is 0.0703. The van der Waals surface area contributed by atoms with Gasteiger partial charge in [0.15, 0.2) is 0 Å². The Morgan fingerprint density at radius 3 is 2.68 bits per heavy atom. The number of nitrogens with one attached hydrogen (secondary N) is 1. The van der Waals surface area contributed by atoms with Gasteiger partial charge < -0.3 is 14.6 Å². The molecule has 1 fully saturated rings. The second-order valence-electron chi connectivity index (χ2n) is 7.41. The Labute approximate surface area is 170 Å². The lowest BCUT2D eigenvalue weighted by Gasteiger charge is -2.26. The summed E-state index contributed by atoms with van der Waals surface area (Å²) < 4.78 is 7.60. The molecule has 0 saturated carbocycles. The van der Waals surface area contributed by atoms with E-state index in [4.69, 9.17) is 21.3 Å². The van der Waals surface area contributed by atoms with Crippen molar-refractivity contribution in [3.8, 4) is 11.4 Å². The van der Waals surface area contributed by atoms with Crippen molar-refractivity contribution in [2.75, 3.05) is 39.4 Å². The van der Waals surface area contributed by atoms with Crippen LogP contribution in [0, 0.1) is 0 Å². The first-order chi connectivity index (χ1) is 13.7. The topological polar surface area (TPSA) is 59.4 Å².